The highest BCUT2D eigenvalue weighted by atomic mass is 16.6. The van der Waals surface area contributed by atoms with E-state index in [9.17, 15) is 19.2 Å². The van der Waals surface area contributed by atoms with Gasteiger partial charge in [-0.15, -0.1) is 0 Å². The van der Waals surface area contributed by atoms with Gasteiger partial charge in [-0.25, -0.2) is 19.2 Å². The maximum Gasteiger partial charge on any atom is 0.346 e. The van der Waals surface area contributed by atoms with Crippen molar-refractivity contribution < 1.29 is 28.7 Å². The van der Waals surface area contributed by atoms with Gasteiger partial charge >= 0.3 is 23.9 Å². The lowest BCUT2D eigenvalue weighted by molar-refractivity contribution is 0.0425. The summed E-state index contributed by atoms with van der Waals surface area (Å²) in [6, 6.07) is 25.3. The summed E-state index contributed by atoms with van der Waals surface area (Å²) >= 11 is 0. The second-order valence-electron chi connectivity index (χ2n) is 7.97. The normalized spacial score (nSPS) is 14.0. The molecule has 0 aromatic heterocycles. The van der Waals surface area contributed by atoms with E-state index in [-0.39, 0.29) is 22.3 Å². The van der Waals surface area contributed by atoms with E-state index in [0.29, 0.717) is 22.3 Å². The first-order valence-electron chi connectivity index (χ1n) is 10.5. The van der Waals surface area contributed by atoms with Gasteiger partial charge in [-0.3, -0.25) is 0 Å². The second-order valence-corrected chi connectivity index (χ2v) is 7.97. The Morgan fingerprint density at radius 2 is 0.647 bits per heavy atom. The molecule has 0 saturated carbocycles. The fourth-order valence-corrected chi connectivity index (χ4v) is 4.42. The third-order valence-electron chi connectivity index (χ3n) is 6.03. The van der Waals surface area contributed by atoms with Gasteiger partial charge in [0.05, 0.1) is 22.3 Å². The summed E-state index contributed by atoms with van der Waals surface area (Å²) in [7, 11) is 0. The average Bonchev–Trinajstić information content (AvgIpc) is 3.31. The number of ether oxygens (including phenoxy) is 2. The first-order valence-corrected chi connectivity index (χ1v) is 10.5. The molecule has 2 aliphatic heterocycles. The Bertz CT molecular complexity index is 1430. The van der Waals surface area contributed by atoms with Crippen molar-refractivity contribution in [1.82, 2.24) is 0 Å². The maximum atomic E-state index is 12.4. The Morgan fingerprint density at radius 3 is 0.971 bits per heavy atom. The summed E-state index contributed by atoms with van der Waals surface area (Å²) in [5.74, 6) is -2.85. The van der Waals surface area contributed by atoms with Gasteiger partial charge in [0.25, 0.3) is 0 Å². The molecule has 6 nitrogen and oxygen atoms in total. The monoisotopic (exact) mass is 446 g/mol. The quantitative estimate of drug-likeness (QED) is 0.313. The molecule has 6 heteroatoms. The van der Waals surface area contributed by atoms with Gasteiger partial charge in [0, 0.05) is 0 Å². The SMILES string of the molecule is O=C1OC(=O)c2cc(-c3cc4c(cc3-c3ccccc3)C(=O)OC4=O)c(-c3ccccc3)cc21. The predicted octanol–water partition coefficient (Wildman–Crippen LogP) is 5.31. The third-order valence-corrected chi connectivity index (χ3v) is 6.03. The molecule has 0 N–H and O–H groups in total. The molecule has 0 amide bonds. The molecule has 0 atom stereocenters. The zero-order chi connectivity index (χ0) is 23.4. The van der Waals surface area contributed by atoms with Gasteiger partial charge in [-0.2, -0.15) is 0 Å². The van der Waals surface area contributed by atoms with E-state index in [1.165, 1.54) is 0 Å². The molecule has 4 aromatic carbocycles. The van der Waals surface area contributed by atoms with Crippen LogP contribution in [0.15, 0.2) is 84.9 Å². The smallest absolute Gasteiger partial charge is 0.346 e. The number of carbonyl (C=O) groups excluding carboxylic acids is 4. The Labute approximate surface area is 193 Å². The van der Waals surface area contributed by atoms with Crippen molar-refractivity contribution in [3.8, 4) is 33.4 Å². The molecule has 4 aromatic rings. The summed E-state index contributed by atoms with van der Waals surface area (Å²) in [4.78, 5) is 49.3. The Balaban J connectivity index is 1.71. The van der Waals surface area contributed by atoms with Crippen molar-refractivity contribution in [2.75, 3.05) is 0 Å². The summed E-state index contributed by atoms with van der Waals surface area (Å²) < 4.78 is 9.67. The van der Waals surface area contributed by atoms with E-state index in [1.807, 2.05) is 60.7 Å². The number of hydrogen-bond donors (Lipinski definition) is 0. The predicted molar refractivity (Wildman–Crippen MR) is 122 cm³/mol. The van der Waals surface area contributed by atoms with E-state index in [2.05, 4.69) is 0 Å². The Kier molecular flexibility index (Phi) is 4.28. The van der Waals surface area contributed by atoms with Gasteiger partial charge < -0.3 is 9.47 Å². The average molecular weight is 446 g/mol. The lowest BCUT2D eigenvalue weighted by atomic mass is 9.85. The fraction of sp³-hybridized carbons (Fsp3) is 0. The van der Waals surface area contributed by atoms with Gasteiger partial charge in [0.1, 0.15) is 0 Å². The topological polar surface area (TPSA) is 86.7 Å². The van der Waals surface area contributed by atoms with Crippen LogP contribution in [0.4, 0.5) is 0 Å². The van der Waals surface area contributed by atoms with Crippen LogP contribution in [0.3, 0.4) is 0 Å². The van der Waals surface area contributed by atoms with Crippen LogP contribution in [0, 0.1) is 0 Å². The van der Waals surface area contributed by atoms with Crippen LogP contribution >= 0.6 is 0 Å². The number of cyclic esters (lactones) is 4. The zero-order valence-electron chi connectivity index (χ0n) is 17.5. The summed E-state index contributed by atoms with van der Waals surface area (Å²) in [5.41, 5.74) is 4.89. The minimum atomic E-state index is -0.724. The number of rotatable bonds is 3. The second kappa shape index (κ2) is 7.35. The number of carbonyl (C=O) groups is 4. The maximum absolute atomic E-state index is 12.4. The highest BCUT2D eigenvalue weighted by molar-refractivity contribution is 6.18. The van der Waals surface area contributed by atoms with Crippen molar-refractivity contribution in [3.63, 3.8) is 0 Å². The molecule has 0 radical (unpaired) electrons. The van der Waals surface area contributed by atoms with Gasteiger partial charge in [-0.1, -0.05) is 60.7 Å². The number of esters is 4. The largest absolute Gasteiger partial charge is 0.386 e. The summed E-state index contributed by atoms with van der Waals surface area (Å²) in [5, 5.41) is 0. The van der Waals surface area contributed by atoms with Crippen LogP contribution in [-0.4, -0.2) is 23.9 Å². The summed E-state index contributed by atoms with van der Waals surface area (Å²) in [6.07, 6.45) is 0. The van der Waals surface area contributed by atoms with Gasteiger partial charge in [0.2, 0.25) is 0 Å². The number of benzene rings is 4. The van der Waals surface area contributed by atoms with Crippen LogP contribution in [-0.2, 0) is 9.47 Å². The van der Waals surface area contributed by atoms with Gasteiger partial charge in [0.15, 0.2) is 0 Å². The molecular formula is C28H14O6. The molecule has 2 aliphatic rings. The molecule has 0 saturated heterocycles. The minimum Gasteiger partial charge on any atom is -0.386 e. The number of hydrogen-bond acceptors (Lipinski definition) is 6. The zero-order valence-corrected chi connectivity index (χ0v) is 17.5. The van der Waals surface area contributed by atoms with Crippen molar-refractivity contribution in [3.05, 3.63) is 107 Å². The molecule has 0 spiro atoms. The van der Waals surface area contributed by atoms with Crippen LogP contribution in [0.5, 0.6) is 0 Å². The molecule has 0 fully saturated rings. The number of fused-ring (bicyclic) bond motifs is 2. The van der Waals surface area contributed by atoms with Crippen LogP contribution in [0.2, 0.25) is 0 Å². The van der Waals surface area contributed by atoms with Crippen molar-refractivity contribution in [1.29, 1.82) is 0 Å². The first-order chi connectivity index (χ1) is 16.5. The molecule has 162 valence electrons. The van der Waals surface area contributed by atoms with E-state index >= 15 is 0 Å². The highest BCUT2D eigenvalue weighted by Gasteiger charge is 2.34. The van der Waals surface area contributed by atoms with E-state index in [4.69, 9.17) is 9.47 Å². The van der Waals surface area contributed by atoms with E-state index < -0.39 is 23.9 Å². The molecular weight excluding hydrogens is 432 g/mol. The molecule has 6 rings (SSSR count). The molecule has 2 heterocycles. The van der Waals surface area contributed by atoms with E-state index in [0.717, 1.165) is 11.1 Å². The van der Waals surface area contributed by atoms with Crippen molar-refractivity contribution in [2.24, 2.45) is 0 Å². The molecule has 0 bridgehead atoms. The summed E-state index contributed by atoms with van der Waals surface area (Å²) in [6.45, 7) is 0. The van der Waals surface area contributed by atoms with Gasteiger partial charge in [-0.05, 0) is 57.6 Å². The fourth-order valence-electron chi connectivity index (χ4n) is 4.42. The third kappa shape index (κ3) is 2.97. The van der Waals surface area contributed by atoms with Crippen molar-refractivity contribution in [2.45, 2.75) is 0 Å². The lowest BCUT2D eigenvalue weighted by Gasteiger charge is -2.17. The van der Waals surface area contributed by atoms with Crippen LogP contribution in [0.25, 0.3) is 33.4 Å². The highest BCUT2D eigenvalue weighted by Crippen LogP contribution is 2.43. The molecule has 0 aliphatic carbocycles. The molecule has 34 heavy (non-hydrogen) atoms. The van der Waals surface area contributed by atoms with E-state index in [1.54, 1.807) is 24.3 Å². The van der Waals surface area contributed by atoms with Crippen LogP contribution in [0.1, 0.15) is 41.4 Å². The first kappa shape index (κ1) is 19.8. The standard InChI is InChI=1S/C28H14O6/c29-25-21-11-17(15-7-3-1-4-8-15)19(13-23(21)27(31)33-25)20-14-24-22(26(30)34-28(24)32)12-18(20)16-9-5-2-6-10-16/h1-14H. The van der Waals surface area contributed by atoms with Crippen molar-refractivity contribution >= 4 is 23.9 Å². The Morgan fingerprint density at radius 1 is 0.353 bits per heavy atom. The van der Waals surface area contributed by atoms with Crippen LogP contribution < -0.4 is 0 Å². The lowest BCUT2D eigenvalue weighted by Crippen LogP contribution is -1.99. The Hall–Kier alpha value is -4.84. The minimum absolute atomic E-state index is 0.151. The molecule has 0 unspecified atom stereocenters.